The first-order valence-corrected chi connectivity index (χ1v) is 8.43. The van der Waals surface area contributed by atoms with Crippen molar-refractivity contribution in [2.24, 2.45) is 29.5 Å². The topological polar surface area (TPSA) is 45.9 Å². The van der Waals surface area contributed by atoms with Gasteiger partial charge in [0.15, 0.2) is 5.49 Å². The molecule has 4 aromatic rings. The second-order valence-corrected chi connectivity index (χ2v) is 6.52. The van der Waals surface area contributed by atoms with Gasteiger partial charge in [-0.25, -0.2) is 4.57 Å². The summed E-state index contributed by atoms with van der Waals surface area (Å²) in [5.41, 5.74) is 3.02. The number of aryl methyl sites for hydroxylation is 2. The van der Waals surface area contributed by atoms with E-state index in [0.717, 1.165) is 21.7 Å². The lowest BCUT2D eigenvalue weighted by Crippen LogP contribution is -2.25. The minimum Gasteiger partial charge on any atom is -0.327 e. The van der Waals surface area contributed by atoms with E-state index in [-0.39, 0.29) is 0 Å². The number of hydrogen-bond donors (Lipinski definition) is 0. The van der Waals surface area contributed by atoms with Crippen LogP contribution in [0.5, 0.6) is 0 Å². The van der Waals surface area contributed by atoms with E-state index in [1.807, 2.05) is 59.6 Å². The molecule has 0 saturated heterocycles. The molecule has 6 heteroatoms. The van der Waals surface area contributed by atoms with Gasteiger partial charge in [0.25, 0.3) is 0 Å². The number of para-hydroxylation sites is 2. The Bertz CT molecular complexity index is 1140. The van der Waals surface area contributed by atoms with Crippen LogP contribution in [-0.4, -0.2) is 4.57 Å². The molecule has 0 amide bonds. The molecule has 24 heavy (non-hydrogen) atoms. The predicted octanol–water partition coefficient (Wildman–Crippen LogP) is 3.82. The van der Waals surface area contributed by atoms with Gasteiger partial charge in [-0.05, 0) is 47.1 Å². The van der Waals surface area contributed by atoms with Crippen molar-refractivity contribution in [1.29, 1.82) is 0 Å². The van der Waals surface area contributed by atoms with Crippen molar-refractivity contribution >= 4 is 37.6 Å². The largest absolute Gasteiger partial charge is 0.411 e. The summed E-state index contributed by atoms with van der Waals surface area (Å²) >= 11 is 1.60. The standard InChI is InChI=1S/C18H16N5S/c1-22-14-8-4-3-7-13(14)11-12-17(22)19-21-20-18-23(2)15-9-5-6-10-16(15)24-18/h3-12H,1-2H3/q+1. The summed E-state index contributed by atoms with van der Waals surface area (Å²) in [6.45, 7) is 0. The van der Waals surface area contributed by atoms with Crippen LogP contribution in [0.1, 0.15) is 0 Å². The Labute approximate surface area is 142 Å². The Balaban J connectivity index is 1.75. The molecule has 0 bridgehead atoms. The quantitative estimate of drug-likeness (QED) is 0.304. The van der Waals surface area contributed by atoms with E-state index in [9.17, 15) is 0 Å². The first-order chi connectivity index (χ1) is 11.7. The number of benzene rings is 2. The third kappa shape index (κ3) is 2.51. The lowest BCUT2D eigenvalue weighted by Gasteiger charge is -2.04. The van der Waals surface area contributed by atoms with Crippen LogP contribution in [0.4, 0.5) is 5.13 Å². The van der Waals surface area contributed by atoms with Gasteiger partial charge in [0.2, 0.25) is 0 Å². The van der Waals surface area contributed by atoms with Crippen LogP contribution < -0.4 is 10.1 Å². The van der Waals surface area contributed by atoms with Gasteiger partial charge in [-0.3, -0.25) is 0 Å². The molecule has 5 nitrogen and oxygen atoms in total. The van der Waals surface area contributed by atoms with Crippen molar-refractivity contribution < 1.29 is 4.57 Å². The highest BCUT2D eigenvalue weighted by Gasteiger charge is 2.14. The fourth-order valence-corrected chi connectivity index (χ4v) is 3.68. The number of thiazole rings is 1. The van der Waals surface area contributed by atoms with Crippen LogP contribution in [0.2, 0.25) is 0 Å². The van der Waals surface area contributed by atoms with Gasteiger partial charge in [-0.2, -0.15) is 0 Å². The summed E-state index contributed by atoms with van der Waals surface area (Å²) in [6, 6.07) is 20.4. The molecule has 0 aliphatic heterocycles. The molecule has 2 aromatic carbocycles. The van der Waals surface area contributed by atoms with Gasteiger partial charge in [-0.1, -0.05) is 35.4 Å². The molecule has 118 valence electrons. The highest BCUT2D eigenvalue weighted by molar-refractivity contribution is 7.21. The lowest BCUT2D eigenvalue weighted by atomic mass is 10.2. The van der Waals surface area contributed by atoms with Crippen LogP contribution in [-0.2, 0) is 14.1 Å². The van der Waals surface area contributed by atoms with Crippen molar-refractivity contribution in [2.75, 3.05) is 0 Å². The summed E-state index contributed by atoms with van der Waals surface area (Å²) in [7, 11) is 3.97. The fraction of sp³-hybridized carbons (Fsp3) is 0.111. The van der Waals surface area contributed by atoms with Gasteiger partial charge in [0.1, 0.15) is 10.6 Å². The molecule has 0 saturated carbocycles. The van der Waals surface area contributed by atoms with E-state index in [4.69, 9.17) is 0 Å². The number of aromatic nitrogens is 2. The number of pyridine rings is 1. The molecule has 0 aliphatic carbocycles. The summed E-state index contributed by atoms with van der Waals surface area (Å²) in [5, 5.41) is 14.6. The number of nitrogens with zero attached hydrogens (tertiary/aromatic N) is 5. The summed E-state index contributed by atoms with van der Waals surface area (Å²) in [5.74, 6) is 0. The van der Waals surface area contributed by atoms with E-state index in [1.54, 1.807) is 11.3 Å². The molecule has 4 rings (SSSR count). The Kier molecular flexibility index (Phi) is 3.66. The second-order valence-electron chi connectivity index (χ2n) is 5.51. The molecule has 0 N–H and O–H groups in total. The van der Waals surface area contributed by atoms with Gasteiger partial charge in [0.05, 0.1) is 17.0 Å². The minimum absolute atomic E-state index is 0.765. The lowest BCUT2D eigenvalue weighted by molar-refractivity contribution is -0.627. The third-order valence-corrected chi connectivity index (χ3v) is 5.15. The minimum atomic E-state index is 0.765. The monoisotopic (exact) mass is 334 g/mol. The van der Waals surface area contributed by atoms with E-state index < -0.39 is 0 Å². The first-order valence-electron chi connectivity index (χ1n) is 7.61. The van der Waals surface area contributed by atoms with Crippen LogP contribution in [0.3, 0.4) is 0 Å². The average Bonchev–Trinajstić information content (AvgIpc) is 2.94. The van der Waals surface area contributed by atoms with Crippen molar-refractivity contribution in [1.82, 2.24) is 4.57 Å². The average molecular weight is 334 g/mol. The van der Waals surface area contributed by atoms with Crippen molar-refractivity contribution in [3.8, 4) is 0 Å². The highest BCUT2D eigenvalue weighted by Crippen LogP contribution is 2.25. The van der Waals surface area contributed by atoms with Crippen molar-refractivity contribution in [3.05, 3.63) is 66.2 Å². The molecule has 0 aliphatic rings. The van der Waals surface area contributed by atoms with Crippen molar-refractivity contribution in [2.45, 2.75) is 0 Å². The van der Waals surface area contributed by atoms with Crippen LogP contribution in [0.15, 0.2) is 76.1 Å². The SMILES string of the molecule is Cn1c(=NN=Nc2sc3ccccc3[n+]2C)ccc2ccccc21. The molecule has 0 spiro atoms. The maximum atomic E-state index is 4.29. The summed E-state index contributed by atoms with van der Waals surface area (Å²) in [4.78, 5) is 0. The molecular formula is C18H16N5S+. The Morgan fingerprint density at radius 2 is 1.75 bits per heavy atom. The second kappa shape index (κ2) is 5.98. The molecule has 0 radical (unpaired) electrons. The zero-order valence-corrected chi connectivity index (χ0v) is 14.2. The first kappa shape index (κ1) is 14.7. The Morgan fingerprint density at radius 3 is 2.62 bits per heavy atom. The molecule has 0 atom stereocenters. The van der Waals surface area contributed by atoms with Crippen molar-refractivity contribution in [3.63, 3.8) is 0 Å². The molecule has 0 unspecified atom stereocenters. The predicted molar refractivity (Wildman–Crippen MR) is 96.0 cm³/mol. The fourth-order valence-electron chi connectivity index (χ4n) is 2.72. The van der Waals surface area contributed by atoms with Gasteiger partial charge in [0, 0.05) is 12.6 Å². The van der Waals surface area contributed by atoms with Gasteiger partial charge in [-0.15, -0.1) is 0 Å². The zero-order chi connectivity index (χ0) is 16.5. The summed E-state index contributed by atoms with van der Waals surface area (Å²) in [6.07, 6.45) is 0. The normalized spacial score (nSPS) is 12.7. The zero-order valence-electron chi connectivity index (χ0n) is 13.4. The van der Waals surface area contributed by atoms with E-state index in [0.29, 0.717) is 0 Å². The molecular weight excluding hydrogens is 318 g/mol. The van der Waals surface area contributed by atoms with Crippen LogP contribution in [0.25, 0.3) is 21.1 Å². The van der Waals surface area contributed by atoms with Gasteiger partial charge < -0.3 is 4.57 Å². The molecule has 2 aromatic heterocycles. The van der Waals surface area contributed by atoms with E-state index in [1.165, 1.54) is 10.1 Å². The van der Waals surface area contributed by atoms with E-state index >= 15 is 0 Å². The summed E-state index contributed by atoms with van der Waals surface area (Å²) < 4.78 is 5.23. The van der Waals surface area contributed by atoms with Crippen LogP contribution >= 0.6 is 11.3 Å². The maximum Gasteiger partial charge on any atom is 0.411 e. The molecule has 0 fully saturated rings. The maximum absolute atomic E-state index is 4.29. The Morgan fingerprint density at radius 1 is 0.958 bits per heavy atom. The number of fused-ring (bicyclic) bond motifs is 2. The van der Waals surface area contributed by atoms with E-state index in [2.05, 4.69) is 39.7 Å². The van der Waals surface area contributed by atoms with Gasteiger partial charge >= 0.3 is 5.13 Å². The number of hydrogen-bond acceptors (Lipinski definition) is 3. The number of rotatable bonds is 2. The molecule has 2 heterocycles. The Hall–Kier alpha value is -2.86. The smallest absolute Gasteiger partial charge is 0.327 e. The highest BCUT2D eigenvalue weighted by atomic mass is 32.1. The van der Waals surface area contributed by atoms with Crippen LogP contribution in [0, 0.1) is 0 Å². The third-order valence-electron chi connectivity index (χ3n) is 4.05.